The Kier molecular flexibility index (Phi) is 3.28. The van der Waals surface area contributed by atoms with Crippen LogP contribution in [0.5, 0.6) is 5.75 Å². The summed E-state index contributed by atoms with van der Waals surface area (Å²) >= 11 is 0. The number of nitrogens with zero attached hydrogens (tertiary/aromatic N) is 2. The smallest absolute Gasteiger partial charge is 0.341 e. The van der Waals surface area contributed by atoms with E-state index in [2.05, 4.69) is 4.98 Å². The Bertz CT molecular complexity index is 867. The number of rotatable bonds is 1. The molecule has 2 aromatic heterocycles. The van der Waals surface area contributed by atoms with E-state index < -0.39 is 16.9 Å². The topological polar surface area (TPSA) is 81.4 Å². The van der Waals surface area contributed by atoms with Crippen LogP contribution in [0.15, 0.2) is 29.2 Å². The van der Waals surface area contributed by atoms with Crippen molar-refractivity contribution in [3.63, 3.8) is 0 Å². The Morgan fingerprint density at radius 3 is 2.74 bits per heavy atom. The maximum absolute atomic E-state index is 12.2. The molecule has 0 bridgehead atoms. The number of ether oxygens (including phenoxy) is 1. The second-order valence-electron chi connectivity index (χ2n) is 6.32. The predicted molar refractivity (Wildman–Crippen MR) is 85.0 cm³/mol. The van der Waals surface area contributed by atoms with Gasteiger partial charge < -0.3 is 14.4 Å². The maximum Gasteiger partial charge on any atom is 0.341 e. The van der Waals surface area contributed by atoms with Crippen LogP contribution >= 0.6 is 0 Å². The molecule has 0 saturated heterocycles. The summed E-state index contributed by atoms with van der Waals surface area (Å²) in [6.07, 6.45) is 1.15. The molecular weight excluding hydrogens is 296 g/mol. The molecule has 1 atom stereocenters. The van der Waals surface area contributed by atoms with Gasteiger partial charge in [-0.15, -0.1) is 0 Å². The zero-order chi connectivity index (χ0) is 16.9. The number of aromatic nitrogens is 2. The molecule has 0 radical (unpaired) electrons. The monoisotopic (exact) mass is 314 g/mol. The van der Waals surface area contributed by atoms with Crippen molar-refractivity contribution in [3.05, 3.63) is 45.9 Å². The molecule has 120 valence electrons. The lowest BCUT2D eigenvalue weighted by atomic mass is 9.97. The standard InChI is InChI=1S/C17H18N2O4/c1-9-5-6-14-15(18-9)12-7-13(20)11(16(21)22)8-19(12)17(3,4)10(2)23-14/h5-8,10H,1-4H3,(H,21,22). The van der Waals surface area contributed by atoms with Gasteiger partial charge in [0, 0.05) is 18.0 Å². The summed E-state index contributed by atoms with van der Waals surface area (Å²) in [7, 11) is 0. The second-order valence-corrected chi connectivity index (χ2v) is 6.32. The third-order valence-corrected chi connectivity index (χ3v) is 4.44. The Morgan fingerprint density at radius 1 is 1.39 bits per heavy atom. The third-order valence-electron chi connectivity index (χ3n) is 4.44. The zero-order valence-electron chi connectivity index (χ0n) is 13.5. The van der Waals surface area contributed by atoms with E-state index in [1.807, 2.05) is 39.8 Å². The van der Waals surface area contributed by atoms with Crippen LogP contribution in [0.2, 0.25) is 0 Å². The van der Waals surface area contributed by atoms with Crippen LogP contribution < -0.4 is 10.2 Å². The van der Waals surface area contributed by atoms with Crippen LogP contribution in [0.25, 0.3) is 11.4 Å². The molecule has 1 unspecified atom stereocenters. The molecule has 0 aromatic carbocycles. The summed E-state index contributed by atoms with van der Waals surface area (Å²) in [5.41, 5.74) is 0.556. The molecule has 0 amide bonds. The molecule has 3 rings (SSSR count). The molecule has 1 N–H and O–H groups in total. The first-order valence-electron chi connectivity index (χ1n) is 7.37. The van der Waals surface area contributed by atoms with E-state index in [0.717, 1.165) is 5.69 Å². The van der Waals surface area contributed by atoms with Crippen molar-refractivity contribution in [1.82, 2.24) is 9.55 Å². The number of hydrogen-bond acceptors (Lipinski definition) is 4. The zero-order valence-corrected chi connectivity index (χ0v) is 13.5. The minimum Gasteiger partial charge on any atom is -0.486 e. The number of aromatic carboxylic acids is 1. The van der Waals surface area contributed by atoms with E-state index in [0.29, 0.717) is 17.1 Å². The number of carboxylic acids is 1. The van der Waals surface area contributed by atoms with Gasteiger partial charge in [0.2, 0.25) is 0 Å². The van der Waals surface area contributed by atoms with Crippen molar-refractivity contribution < 1.29 is 14.6 Å². The van der Waals surface area contributed by atoms with E-state index in [4.69, 9.17) is 4.74 Å². The average molecular weight is 314 g/mol. The molecule has 23 heavy (non-hydrogen) atoms. The molecule has 6 nitrogen and oxygen atoms in total. The summed E-state index contributed by atoms with van der Waals surface area (Å²) in [6, 6.07) is 5.01. The van der Waals surface area contributed by atoms with Gasteiger partial charge in [-0.2, -0.15) is 0 Å². The predicted octanol–water partition coefficient (Wildman–Crippen LogP) is 2.43. The van der Waals surface area contributed by atoms with E-state index >= 15 is 0 Å². The highest BCUT2D eigenvalue weighted by Crippen LogP contribution is 2.38. The minimum absolute atomic E-state index is 0.240. The number of carboxylic acid groups (broad SMARTS) is 1. The Morgan fingerprint density at radius 2 is 2.09 bits per heavy atom. The summed E-state index contributed by atoms with van der Waals surface area (Å²) < 4.78 is 7.80. The fraction of sp³-hybridized carbons (Fsp3) is 0.353. The highest BCUT2D eigenvalue weighted by Gasteiger charge is 2.36. The third kappa shape index (κ3) is 2.30. The molecule has 0 spiro atoms. The summed E-state index contributed by atoms with van der Waals surface area (Å²) in [5.74, 6) is -0.652. The van der Waals surface area contributed by atoms with Crippen molar-refractivity contribution in [3.8, 4) is 17.1 Å². The highest BCUT2D eigenvalue weighted by molar-refractivity contribution is 5.87. The summed E-state index contributed by atoms with van der Waals surface area (Å²) in [5, 5.41) is 9.25. The van der Waals surface area contributed by atoms with Crippen LogP contribution in [0.3, 0.4) is 0 Å². The molecule has 0 fully saturated rings. The normalized spacial score (nSPS) is 18.3. The van der Waals surface area contributed by atoms with Gasteiger partial charge in [-0.05, 0) is 39.8 Å². The van der Waals surface area contributed by atoms with Crippen LogP contribution in [0, 0.1) is 6.92 Å². The largest absolute Gasteiger partial charge is 0.486 e. The van der Waals surface area contributed by atoms with Crippen LogP contribution in [-0.2, 0) is 5.54 Å². The number of fused-ring (bicyclic) bond motifs is 3. The molecule has 0 saturated carbocycles. The Labute approximate surface area is 133 Å². The van der Waals surface area contributed by atoms with Crippen molar-refractivity contribution in [2.24, 2.45) is 0 Å². The molecular formula is C17H18N2O4. The summed E-state index contributed by atoms with van der Waals surface area (Å²) in [6.45, 7) is 7.65. The van der Waals surface area contributed by atoms with Crippen molar-refractivity contribution in [2.45, 2.75) is 39.3 Å². The molecule has 3 heterocycles. The van der Waals surface area contributed by atoms with E-state index in [9.17, 15) is 14.7 Å². The van der Waals surface area contributed by atoms with Gasteiger partial charge >= 0.3 is 5.97 Å². The Balaban J connectivity index is 2.42. The lowest BCUT2D eigenvalue weighted by molar-refractivity contribution is 0.0690. The lowest BCUT2D eigenvalue weighted by Crippen LogP contribution is -2.41. The van der Waals surface area contributed by atoms with Crippen molar-refractivity contribution in [2.75, 3.05) is 0 Å². The van der Waals surface area contributed by atoms with Gasteiger partial charge in [-0.1, -0.05) is 0 Å². The number of hydrogen-bond donors (Lipinski definition) is 1. The quantitative estimate of drug-likeness (QED) is 0.874. The molecule has 1 aliphatic rings. The van der Waals surface area contributed by atoms with Crippen LogP contribution in [0.1, 0.15) is 36.8 Å². The first-order chi connectivity index (χ1) is 10.7. The van der Waals surface area contributed by atoms with Crippen LogP contribution in [0.4, 0.5) is 0 Å². The maximum atomic E-state index is 12.2. The van der Waals surface area contributed by atoms with Gasteiger partial charge in [0.1, 0.15) is 23.1 Å². The van der Waals surface area contributed by atoms with Gasteiger partial charge in [0.25, 0.3) is 0 Å². The first-order valence-corrected chi connectivity index (χ1v) is 7.37. The van der Waals surface area contributed by atoms with Gasteiger partial charge in [-0.3, -0.25) is 4.79 Å². The van der Waals surface area contributed by atoms with Crippen LogP contribution in [-0.4, -0.2) is 26.7 Å². The number of pyridine rings is 2. The fourth-order valence-corrected chi connectivity index (χ4v) is 2.71. The first kappa shape index (κ1) is 15.3. The van der Waals surface area contributed by atoms with Gasteiger partial charge in [0.15, 0.2) is 5.43 Å². The van der Waals surface area contributed by atoms with Crippen molar-refractivity contribution in [1.29, 1.82) is 0 Å². The molecule has 6 heteroatoms. The molecule has 0 aliphatic carbocycles. The molecule has 1 aliphatic heterocycles. The number of carbonyl (C=O) groups is 1. The SMILES string of the molecule is Cc1ccc2c(n1)-c1cc(=O)c(C(=O)O)cn1C(C)(C)C(C)O2. The van der Waals surface area contributed by atoms with E-state index in [-0.39, 0.29) is 11.7 Å². The van der Waals surface area contributed by atoms with E-state index in [1.54, 1.807) is 4.57 Å². The number of aryl methyl sites for hydroxylation is 1. The van der Waals surface area contributed by atoms with E-state index in [1.165, 1.54) is 12.3 Å². The Hall–Kier alpha value is -2.63. The second kappa shape index (κ2) is 4.94. The highest BCUT2D eigenvalue weighted by atomic mass is 16.5. The average Bonchev–Trinajstić information content (AvgIpc) is 2.54. The van der Waals surface area contributed by atoms with Crippen molar-refractivity contribution >= 4 is 5.97 Å². The van der Waals surface area contributed by atoms with Gasteiger partial charge in [-0.25, -0.2) is 9.78 Å². The van der Waals surface area contributed by atoms with Gasteiger partial charge in [0.05, 0.1) is 11.2 Å². The molecule has 2 aromatic rings. The lowest BCUT2D eigenvalue weighted by Gasteiger charge is -2.33. The minimum atomic E-state index is -1.24. The summed E-state index contributed by atoms with van der Waals surface area (Å²) in [4.78, 5) is 28.0. The fourth-order valence-electron chi connectivity index (χ4n) is 2.71.